The number of H-pyrrole nitrogens is 1. The van der Waals surface area contributed by atoms with Crippen molar-refractivity contribution < 1.29 is 19.7 Å². The Hall–Kier alpha value is -2.54. The molecule has 0 bridgehead atoms. The normalized spacial score (nSPS) is 12.4. The molecule has 1 heterocycles. The molecule has 2 aromatic carbocycles. The summed E-state index contributed by atoms with van der Waals surface area (Å²) in [5.74, 6) is -0.131. The molecule has 0 fully saturated rings. The number of aliphatic hydroxyl groups is 1. The number of rotatable bonds is 5. The van der Waals surface area contributed by atoms with Crippen LogP contribution < -0.4 is 10.1 Å². The zero-order valence-corrected chi connectivity index (χ0v) is 16.8. The van der Waals surface area contributed by atoms with Crippen molar-refractivity contribution in [2.45, 2.75) is 32.4 Å². The first-order chi connectivity index (χ1) is 12.7. The van der Waals surface area contributed by atoms with Gasteiger partial charge in [0.2, 0.25) is 0 Å². The van der Waals surface area contributed by atoms with E-state index in [0.717, 1.165) is 0 Å². The van der Waals surface area contributed by atoms with Crippen molar-refractivity contribution in [3.63, 3.8) is 0 Å². The van der Waals surface area contributed by atoms with Gasteiger partial charge < -0.3 is 25.3 Å². The third-order valence-electron chi connectivity index (χ3n) is 4.16. The molecule has 3 aromatic rings. The van der Waals surface area contributed by atoms with Crippen molar-refractivity contribution in [3.8, 4) is 11.5 Å². The number of carbonyl (C=O) groups is 1. The van der Waals surface area contributed by atoms with Crippen LogP contribution in [0.1, 0.15) is 42.9 Å². The maximum atomic E-state index is 12.4. The number of aromatic hydroxyl groups is 1. The van der Waals surface area contributed by atoms with Crippen molar-refractivity contribution >= 4 is 29.3 Å². The fourth-order valence-electron chi connectivity index (χ4n) is 2.79. The Labute approximate surface area is 170 Å². The average Bonchev–Trinajstić information content (AvgIpc) is 3.07. The van der Waals surface area contributed by atoms with Gasteiger partial charge >= 0.3 is 5.97 Å². The minimum Gasteiger partial charge on any atom is -0.506 e. The number of carbonyl (C=O) groups excluding carboxylic acids is 1. The number of hydrogen-bond acceptors (Lipinski definition) is 5. The molecule has 1 unspecified atom stereocenters. The highest BCUT2D eigenvalue weighted by molar-refractivity contribution is 5.98. The maximum absolute atomic E-state index is 12.4. The number of aromatic amines is 1. The smallest absolute Gasteiger partial charge is 0.360 e. The number of phenols is 1. The third-order valence-corrected chi connectivity index (χ3v) is 4.16. The van der Waals surface area contributed by atoms with E-state index in [4.69, 9.17) is 4.74 Å². The van der Waals surface area contributed by atoms with Gasteiger partial charge in [-0.05, 0) is 50.6 Å². The maximum Gasteiger partial charge on any atom is 0.360 e. The number of phenolic OH excluding ortho intramolecular Hbond substituents is 1. The molecule has 7 heteroatoms. The third kappa shape index (κ3) is 5.04. The molecule has 0 aliphatic heterocycles. The number of esters is 1. The molecule has 0 spiro atoms. The topological polar surface area (TPSA) is 94.6 Å². The summed E-state index contributed by atoms with van der Waals surface area (Å²) < 4.78 is 5.34. The van der Waals surface area contributed by atoms with Gasteiger partial charge in [0, 0.05) is 17.5 Å². The highest BCUT2D eigenvalue weighted by atomic mass is 35.5. The molecule has 1 atom stereocenters. The van der Waals surface area contributed by atoms with E-state index in [1.54, 1.807) is 36.4 Å². The Bertz CT molecular complexity index is 948. The lowest BCUT2D eigenvalue weighted by molar-refractivity contribution is 0.0729. The lowest BCUT2D eigenvalue weighted by Gasteiger charge is -2.23. The number of para-hydroxylation sites is 1. The van der Waals surface area contributed by atoms with Crippen LogP contribution in [0.3, 0.4) is 0 Å². The fraction of sp³-hybridized carbons (Fsp3) is 0.286. The minimum atomic E-state index is -0.791. The van der Waals surface area contributed by atoms with Crippen LogP contribution in [0.5, 0.6) is 11.5 Å². The number of nitrogens with one attached hydrogen (secondary N) is 2. The van der Waals surface area contributed by atoms with Gasteiger partial charge in [0.15, 0.2) is 0 Å². The molecule has 0 radical (unpaired) electrons. The summed E-state index contributed by atoms with van der Waals surface area (Å²) in [5, 5.41) is 24.6. The van der Waals surface area contributed by atoms with E-state index in [2.05, 4.69) is 10.3 Å². The molecule has 0 aliphatic rings. The first-order valence-electron chi connectivity index (χ1n) is 8.79. The van der Waals surface area contributed by atoms with E-state index in [1.165, 1.54) is 6.07 Å². The SMILES string of the molecule is CC(C)(C)NCC(O)c1ccc(O)c2[nH]c(C(=O)Oc3ccccc3)cc12.Cl. The van der Waals surface area contributed by atoms with Crippen molar-refractivity contribution in [1.82, 2.24) is 10.3 Å². The van der Waals surface area contributed by atoms with Crippen molar-refractivity contribution in [2.75, 3.05) is 6.54 Å². The van der Waals surface area contributed by atoms with Gasteiger partial charge in [0.25, 0.3) is 0 Å². The van der Waals surface area contributed by atoms with E-state index < -0.39 is 12.1 Å². The number of aromatic nitrogens is 1. The van der Waals surface area contributed by atoms with Crippen LogP contribution >= 0.6 is 12.4 Å². The molecule has 0 amide bonds. The summed E-state index contributed by atoms with van der Waals surface area (Å²) in [6.45, 7) is 6.39. The second-order valence-corrected chi connectivity index (χ2v) is 7.49. The summed E-state index contributed by atoms with van der Waals surface area (Å²) in [6, 6.07) is 13.5. The van der Waals surface area contributed by atoms with Gasteiger partial charge in [0.1, 0.15) is 17.2 Å². The molecule has 0 saturated carbocycles. The molecular weight excluding hydrogens is 380 g/mol. The van der Waals surface area contributed by atoms with Gasteiger partial charge in [-0.2, -0.15) is 0 Å². The summed E-state index contributed by atoms with van der Waals surface area (Å²) in [4.78, 5) is 15.3. The lowest BCUT2D eigenvalue weighted by Crippen LogP contribution is -2.38. The number of benzene rings is 2. The Morgan fingerprint density at radius 1 is 1.18 bits per heavy atom. The predicted molar refractivity (Wildman–Crippen MR) is 111 cm³/mol. The molecule has 6 nitrogen and oxygen atoms in total. The van der Waals surface area contributed by atoms with E-state index >= 15 is 0 Å². The Morgan fingerprint density at radius 2 is 1.86 bits per heavy atom. The number of β-amino-alcohol motifs (C(OH)–C–C–N with tert-alkyl or cyclic N) is 1. The lowest BCUT2D eigenvalue weighted by atomic mass is 10.0. The molecule has 4 N–H and O–H groups in total. The first kappa shape index (κ1) is 21.8. The quantitative estimate of drug-likeness (QED) is 0.381. The second kappa shape index (κ2) is 8.65. The molecule has 0 saturated heterocycles. The predicted octanol–water partition coefficient (Wildman–Crippen LogP) is 3.94. The highest BCUT2D eigenvalue weighted by Crippen LogP contribution is 2.32. The van der Waals surface area contributed by atoms with E-state index in [1.807, 2.05) is 26.8 Å². The molecule has 150 valence electrons. The van der Waals surface area contributed by atoms with Gasteiger partial charge in [-0.1, -0.05) is 24.3 Å². The van der Waals surface area contributed by atoms with Crippen molar-refractivity contribution in [1.29, 1.82) is 0 Å². The van der Waals surface area contributed by atoms with E-state index in [9.17, 15) is 15.0 Å². The van der Waals surface area contributed by atoms with Crippen LogP contribution in [0.15, 0.2) is 48.5 Å². The van der Waals surface area contributed by atoms with Gasteiger partial charge in [-0.25, -0.2) is 4.79 Å². The number of halogens is 1. The largest absolute Gasteiger partial charge is 0.506 e. The monoisotopic (exact) mass is 404 g/mol. The Morgan fingerprint density at radius 3 is 2.50 bits per heavy atom. The number of aliphatic hydroxyl groups excluding tert-OH is 1. The van der Waals surface area contributed by atoms with Gasteiger partial charge in [0.05, 0.1) is 11.6 Å². The summed E-state index contributed by atoms with van der Waals surface area (Å²) >= 11 is 0. The number of ether oxygens (including phenoxy) is 1. The zero-order valence-electron chi connectivity index (χ0n) is 16.0. The molecule has 0 aliphatic carbocycles. The van der Waals surface area contributed by atoms with Crippen LogP contribution in [0.4, 0.5) is 0 Å². The van der Waals surface area contributed by atoms with Crippen LogP contribution in [-0.4, -0.2) is 33.3 Å². The Balaban J connectivity index is 0.00000280. The average molecular weight is 405 g/mol. The summed E-state index contributed by atoms with van der Waals surface area (Å²) in [5.41, 5.74) is 1.07. The minimum absolute atomic E-state index is 0. The molecule has 3 rings (SSSR count). The van der Waals surface area contributed by atoms with E-state index in [-0.39, 0.29) is 29.4 Å². The standard InChI is InChI=1S/C21H24N2O4.ClH/c1-21(2,3)22-12-18(25)14-9-10-17(24)19-15(14)11-16(23-19)20(26)27-13-7-5-4-6-8-13;/h4-11,18,22-25H,12H2,1-3H3;1H. The highest BCUT2D eigenvalue weighted by Gasteiger charge is 2.20. The van der Waals surface area contributed by atoms with Gasteiger partial charge in [-0.15, -0.1) is 12.4 Å². The van der Waals surface area contributed by atoms with Crippen LogP contribution in [0, 0.1) is 0 Å². The zero-order chi connectivity index (χ0) is 19.6. The summed E-state index contributed by atoms with van der Waals surface area (Å²) in [6.07, 6.45) is -0.791. The molecule has 1 aromatic heterocycles. The summed E-state index contributed by atoms with van der Waals surface area (Å²) in [7, 11) is 0. The first-order valence-corrected chi connectivity index (χ1v) is 8.79. The Kier molecular flexibility index (Phi) is 6.72. The van der Waals surface area contributed by atoms with E-state index in [0.29, 0.717) is 28.8 Å². The van der Waals surface area contributed by atoms with Crippen LogP contribution in [0.2, 0.25) is 0 Å². The second-order valence-electron chi connectivity index (χ2n) is 7.49. The van der Waals surface area contributed by atoms with Crippen molar-refractivity contribution in [2.24, 2.45) is 0 Å². The molecular formula is C21H25ClN2O4. The van der Waals surface area contributed by atoms with Crippen LogP contribution in [0.25, 0.3) is 10.9 Å². The van der Waals surface area contributed by atoms with Crippen LogP contribution in [-0.2, 0) is 0 Å². The fourth-order valence-corrected chi connectivity index (χ4v) is 2.79. The molecule has 28 heavy (non-hydrogen) atoms. The van der Waals surface area contributed by atoms with Gasteiger partial charge in [-0.3, -0.25) is 0 Å². The van der Waals surface area contributed by atoms with Crippen molar-refractivity contribution in [3.05, 3.63) is 59.8 Å². The number of fused-ring (bicyclic) bond motifs is 1. The number of hydrogen-bond donors (Lipinski definition) is 4.